The lowest BCUT2D eigenvalue weighted by atomic mass is 10.2. The van der Waals surface area contributed by atoms with Gasteiger partial charge in [0.2, 0.25) is 5.91 Å². The summed E-state index contributed by atoms with van der Waals surface area (Å²) in [6.07, 6.45) is 0. The number of hydrogen-bond donors (Lipinski definition) is 1. The van der Waals surface area contributed by atoms with Gasteiger partial charge in [0.25, 0.3) is 5.91 Å². The summed E-state index contributed by atoms with van der Waals surface area (Å²) in [6.45, 7) is -0.279. The number of anilines is 1. The molecule has 2 aromatic rings. The molecule has 0 aliphatic heterocycles. The number of carbonyl (C=O) groups is 2. The molecule has 120 valence electrons. The standard InChI is InChI=1S/C16H13ClF2N2O2/c1-21(16(23)13-7-4-11(18)8-14(13)19)9-15(22)20-12-5-2-10(17)3-6-12/h2-8H,9H2,1H3,(H,20,22). The van der Waals surface area contributed by atoms with Gasteiger partial charge in [-0.3, -0.25) is 9.59 Å². The summed E-state index contributed by atoms with van der Waals surface area (Å²) in [7, 11) is 1.35. The van der Waals surface area contributed by atoms with Gasteiger partial charge < -0.3 is 10.2 Å². The molecule has 0 saturated heterocycles. The Morgan fingerprint density at radius 2 is 1.78 bits per heavy atom. The number of nitrogens with one attached hydrogen (secondary N) is 1. The van der Waals surface area contributed by atoms with Crippen LogP contribution in [0.25, 0.3) is 0 Å². The van der Waals surface area contributed by atoms with Crippen molar-refractivity contribution in [3.63, 3.8) is 0 Å². The minimum atomic E-state index is -0.972. The maximum Gasteiger partial charge on any atom is 0.257 e. The van der Waals surface area contributed by atoms with Crippen LogP contribution in [0.2, 0.25) is 5.02 Å². The Morgan fingerprint density at radius 3 is 2.39 bits per heavy atom. The van der Waals surface area contributed by atoms with Crippen LogP contribution in [0.1, 0.15) is 10.4 Å². The molecule has 2 rings (SSSR count). The Labute approximate surface area is 136 Å². The second kappa shape index (κ2) is 7.19. The van der Waals surface area contributed by atoms with Gasteiger partial charge in [0.1, 0.15) is 11.6 Å². The molecule has 0 radical (unpaired) electrons. The van der Waals surface area contributed by atoms with Crippen LogP contribution in [0.5, 0.6) is 0 Å². The summed E-state index contributed by atoms with van der Waals surface area (Å²) >= 11 is 5.74. The Bertz CT molecular complexity index is 735. The fourth-order valence-electron chi connectivity index (χ4n) is 1.89. The molecule has 2 aromatic carbocycles. The Balaban J connectivity index is 2.00. The summed E-state index contributed by atoms with van der Waals surface area (Å²) in [4.78, 5) is 25.0. The first-order valence-electron chi connectivity index (χ1n) is 6.63. The molecule has 1 N–H and O–H groups in total. The van der Waals surface area contributed by atoms with Crippen molar-refractivity contribution in [2.45, 2.75) is 0 Å². The van der Waals surface area contributed by atoms with Gasteiger partial charge in [0.15, 0.2) is 0 Å². The van der Waals surface area contributed by atoms with Crippen LogP contribution >= 0.6 is 11.6 Å². The highest BCUT2D eigenvalue weighted by Gasteiger charge is 2.18. The number of hydrogen-bond acceptors (Lipinski definition) is 2. The van der Waals surface area contributed by atoms with E-state index in [9.17, 15) is 18.4 Å². The van der Waals surface area contributed by atoms with E-state index in [2.05, 4.69) is 5.32 Å². The summed E-state index contributed by atoms with van der Waals surface area (Å²) in [6, 6.07) is 9.09. The average Bonchev–Trinajstić information content (AvgIpc) is 2.49. The second-order valence-corrected chi connectivity index (χ2v) is 5.28. The van der Waals surface area contributed by atoms with Gasteiger partial charge in [0.05, 0.1) is 12.1 Å². The number of halogens is 3. The number of likely N-dealkylation sites (N-methyl/N-ethyl adjacent to an activating group) is 1. The molecule has 0 bridgehead atoms. The first-order chi connectivity index (χ1) is 10.9. The predicted molar refractivity (Wildman–Crippen MR) is 83.4 cm³/mol. The summed E-state index contributed by atoms with van der Waals surface area (Å²) in [5.74, 6) is -2.92. The van der Waals surface area contributed by atoms with E-state index in [-0.39, 0.29) is 12.1 Å². The molecule has 0 heterocycles. The van der Waals surface area contributed by atoms with Gasteiger partial charge in [-0.2, -0.15) is 0 Å². The van der Waals surface area contributed by atoms with Crippen molar-refractivity contribution >= 4 is 29.1 Å². The zero-order chi connectivity index (χ0) is 17.0. The normalized spacial score (nSPS) is 10.3. The molecule has 7 heteroatoms. The summed E-state index contributed by atoms with van der Waals surface area (Å²) in [5.41, 5.74) is 0.224. The molecular weight excluding hydrogens is 326 g/mol. The molecule has 4 nitrogen and oxygen atoms in total. The van der Waals surface area contributed by atoms with Gasteiger partial charge in [-0.05, 0) is 36.4 Å². The molecule has 23 heavy (non-hydrogen) atoms. The van der Waals surface area contributed by atoms with E-state index in [1.807, 2.05) is 0 Å². The van der Waals surface area contributed by atoms with Gasteiger partial charge in [-0.25, -0.2) is 8.78 Å². The molecule has 0 aliphatic carbocycles. The Hall–Kier alpha value is -2.47. The van der Waals surface area contributed by atoms with E-state index in [1.165, 1.54) is 7.05 Å². The lowest BCUT2D eigenvalue weighted by molar-refractivity contribution is -0.116. The van der Waals surface area contributed by atoms with Gasteiger partial charge in [-0.15, -0.1) is 0 Å². The first kappa shape index (κ1) is 16.9. The second-order valence-electron chi connectivity index (χ2n) is 4.84. The fourth-order valence-corrected chi connectivity index (χ4v) is 2.02. The maximum absolute atomic E-state index is 13.6. The molecular formula is C16H13ClF2N2O2. The van der Waals surface area contributed by atoms with Gasteiger partial charge in [-0.1, -0.05) is 11.6 Å². The molecule has 0 atom stereocenters. The maximum atomic E-state index is 13.6. The quantitative estimate of drug-likeness (QED) is 0.929. The third kappa shape index (κ3) is 4.50. The smallest absolute Gasteiger partial charge is 0.257 e. The van der Waals surface area contributed by atoms with E-state index >= 15 is 0 Å². The highest BCUT2D eigenvalue weighted by Crippen LogP contribution is 2.14. The summed E-state index contributed by atoms with van der Waals surface area (Å²) in [5, 5.41) is 3.11. The SMILES string of the molecule is CN(CC(=O)Nc1ccc(Cl)cc1)C(=O)c1ccc(F)cc1F. The van der Waals surface area contributed by atoms with Crippen LogP contribution in [0.15, 0.2) is 42.5 Å². The summed E-state index contributed by atoms with van der Waals surface area (Å²) < 4.78 is 26.4. The third-order valence-corrected chi connectivity index (χ3v) is 3.27. The van der Waals surface area contributed by atoms with E-state index < -0.39 is 23.4 Å². The predicted octanol–water partition coefficient (Wildman–Crippen LogP) is 3.33. The van der Waals surface area contributed by atoms with Crippen molar-refractivity contribution in [1.29, 1.82) is 0 Å². The van der Waals surface area contributed by atoms with Crippen molar-refractivity contribution in [2.75, 3.05) is 18.9 Å². The highest BCUT2D eigenvalue weighted by molar-refractivity contribution is 6.30. The topological polar surface area (TPSA) is 49.4 Å². The molecule has 2 amide bonds. The lowest BCUT2D eigenvalue weighted by Crippen LogP contribution is -2.35. The van der Waals surface area contributed by atoms with Crippen LogP contribution in [0.3, 0.4) is 0 Å². The van der Waals surface area contributed by atoms with Crippen molar-refractivity contribution in [1.82, 2.24) is 4.90 Å². The molecule has 0 saturated carbocycles. The third-order valence-electron chi connectivity index (χ3n) is 3.02. The molecule has 0 unspecified atom stereocenters. The van der Waals surface area contributed by atoms with Gasteiger partial charge >= 0.3 is 0 Å². The Kier molecular flexibility index (Phi) is 5.28. The van der Waals surface area contributed by atoms with Crippen molar-refractivity contribution in [2.24, 2.45) is 0 Å². The zero-order valence-electron chi connectivity index (χ0n) is 12.1. The minimum absolute atomic E-state index is 0.279. The van der Waals surface area contributed by atoms with E-state index in [0.717, 1.165) is 17.0 Å². The number of nitrogens with zero attached hydrogens (tertiary/aromatic N) is 1. The van der Waals surface area contributed by atoms with Crippen LogP contribution in [0.4, 0.5) is 14.5 Å². The monoisotopic (exact) mass is 338 g/mol. The van der Waals surface area contributed by atoms with Crippen LogP contribution < -0.4 is 5.32 Å². The van der Waals surface area contributed by atoms with Crippen LogP contribution in [-0.4, -0.2) is 30.3 Å². The average molecular weight is 339 g/mol. The van der Waals surface area contributed by atoms with Crippen LogP contribution in [-0.2, 0) is 4.79 Å². The highest BCUT2D eigenvalue weighted by atomic mass is 35.5. The number of amides is 2. The number of carbonyl (C=O) groups excluding carboxylic acids is 2. The first-order valence-corrected chi connectivity index (χ1v) is 7.00. The largest absolute Gasteiger partial charge is 0.332 e. The van der Waals surface area contributed by atoms with Crippen molar-refractivity contribution < 1.29 is 18.4 Å². The van der Waals surface area contributed by atoms with E-state index in [1.54, 1.807) is 24.3 Å². The molecule has 0 fully saturated rings. The minimum Gasteiger partial charge on any atom is -0.332 e. The Morgan fingerprint density at radius 1 is 1.13 bits per heavy atom. The molecule has 0 aliphatic rings. The number of rotatable bonds is 4. The van der Waals surface area contributed by atoms with E-state index in [4.69, 9.17) is 11.6 Å². The zero-order valence-corrected chi connectivity index (χ0v) is 12.9. The molecule has 0 spiro atoms. The van der Waals surface area contributed by atoms with Crippen molar-refractivity contribution in [3.05, 3.63) is 64.7 Å². The number of benzene rings is 2. The van der Waals surface area contributed by atoms with E-state index in [0.29, 0.717) is 16.8 Å². The van der Waals surface area contributed by atoms with Crippen molar-refractivity contribution in [3.8, 4) is 0 Å². The van der Waals surface area contributed by atoms with Gasteiger partial charge in [0, 0.05) is 23.8 Å². The lowest BCUT2D eigenvalue weighted by Gasteiger charge is -2.17. The van der Waals surface area contributed by atoms with Crippen LogP contribution in [0, 0.1) is 11.6 Å². The molecule has 0 aromatic heterocycles. The fraction of sp³-hybridized carbons (Fsp3) is 0.125.